The van der Waals surface area contributed by atoms with Gasteiger partial charge in [0.25, 0.3) is 0 Å². The number of esters is 1. The lowest BCUT2D eigenvalue weighted by Crippen LogP contribution is -2.16. The van der Waals surface area contributed by atoms with Gasteiger partial charge in [0.15, 0.2) is 0 Å². The Hall–Kier alpha value is -1.78. The Bertz CT molecular complexity index is 793. The summed E-state index contributed by atoms with van der Waals surface area (Å²) in [5.41, 5.74) is 1.64. The van der Waals surface area contributed by atoms with Gasteiger partial charge in [-0.05, 0) is 41.4 Å². The van der Waals surface area contributed by atoms with E-state index >= 15 is 0 Å². The molecule has 0 spiro atoms. The summed E-state index contributed by atoms with van der Waals surface area (Å²) in [6.07, 6.45) is 10.0. The summed E-state index contributed by atoms with van der Waals surface area (Å²) in [4.78, 5) is 24.5. The van der Waals surface area contributed by atoms with Crippen LogP contribution in [0, 0.1) is 17.3 Å². The third-order valence-corrected chi connectivity index (χ3v) is 5.48. The van der Waals surface area contributed by atoms with Crippen LogP contribution < -0.4 is 0 Å². The quantitative estimate of drug-likeness (QED) is 0.473. The van der Waals surface area contributed by atoms with Crippen molar-refractivity contribution in [1.82, 2.24) is 0 Å². The summed E-state index contributed by atoms with van der Waals surface area (Å²) in [7, 11) is 1.32. The summed E-state index contributed by atoms with van der Waals surface area (Å²) >= 11 is 11.7. The van der Waals surface area contributed by atoms with Gasteiger partial charge < -0.3 is 9.84 Å². The van der Waals surface area contributed by atoms with E-state index in [1.54, 1.807) is 18.2 Å². The number of hydrogen-bond acceptors (Lipinski definition) is 3. The first-order valence-electron chi connectivity index (χ1n) is 8.81. The molecule has 2 atom stereocenters. The van der Waals surface area contributed by atoms with E-state index in [9.17, 15) is 14.7 Å². The Morgan fingerprint density at radius 2 is 2.04 bits per heavy atom. The molecule has 2 unspecified atom stereocenters. The summed E-state index contributed by atoms with van der Waals surface area (Å²) in [5.74, 6) is -1.79. The molecule has 6 heteroatoms. The molecule has 0 radical (unpaired) electrons. The molecule has 0 aliphatic heterocycles. The second-order valence-electron chi connectivity index (χ2n) is 7.21. The third kappa shape index (κ3) is 4.39. The van der Waals surface area contributed by atoms with Crippen LogP contribution in [0.4, 0.5) is 0 Å². The number of carbonyl (C=O) groups is 2. The van der Waals surface area contributed by atoms with Crippen LogP contribution in [0.15, 0.2) is 57.2 Å². The van der Waals surface area contributed by atoms with Crippen molar-refractivity contribution in [1.29, 1.82) is 0 Å². The van der Waals surface area contributed by atoms with Gasteiger partial charge in [-0.2, -0.15) is 0 Å². The molecule has 0 aromatic heterocycles. The lowest BCUT2D eigenvalue weighted by atomic mass is 9.85. The van der Waals surface area contributed by atoms with Gasteiger partial charge in [-0.15, -0.1) is 0 Å². The van der Waals surface area contributed by atoms with Crippen LogP contribution in [-0.2, 0) is 14.3 Å². The number of carboxylic acids is 1. The molecule has 4 nitrogen and oxygen atoms in total. The van der Waals surface area contributed by atoms with E-state index in [-0.39, 0.29) is 21.7 Å². The first-order chi connectivity index (χ1) is 12.7. The molecule has 2 rings (SSSR count). The first kappa shape index (κ1) is 21.5. The molecule has 27 heavy (non-hydrogen) atoms. The van der Waals surface area contributed by atoms with Crippen LogP contribution in [0.5, 0.6) is 0 Å². The Balaban J connectivity index is 2.62. The topological polar surface area (TPSA) is 63.6 Å². The Labute approximate surface area is 169 Å². The van der Waals surface area contributed by atoms with Crippen molar-refractivity contribution in [3.8, 4) is 0 Å². The van der Waals surface area contributed by atoms with E-state index in [1.807, 2.05) is 32.9 Å². The summed E-state index contributed by atoms with van der Waals surface area (Å²) < 4.78 is 5.04. The molecule has 0 aromatic rings. The minimum Gasteiger partial charge on any atom is -0.478 e. The zero-order chi connectivity index (χ0) is 20.4. The highest BCUT2D eigenvalue weighted by molar-refractivity contribution is 6.55. The Morgan fingerprint density at radius 1 is 1.37 bits per heavy atom. The molecule has 0 saturated heterocycles. The average molecular weight is 411 g/mol. The van der Waals surface area contributed by atoms with Crippen molar-refractivity contribution in [2.75, 3.05) is 7.11 Å². The molecule has 0 heterocycles. The number of hydrogen-bond donors (Lipinski definition) is 1. The number of halogens is 2. The number of allylic oxidation sites excluding steroid dienone is 6. The van der Waals surface area contributed by atoms with Gasteiger partial charge in [0.2, 0.25) is 0 Å². The van der Waals surface area contributed by atoms with E-state index in [1.165, 1.54) is 7.11 Å². The lowest BCUT2D eigenvalue weighted by Gasteiger charge is -2.19. The van der Waals surface area contributed by atoms with Crippen molar-refractivity contribution in [3.05, 3.63) is 57.2 Å². The molecule has 2 aliphatic carbocycles. The maximum Gasteiger partial charge on any atom is 0.338 e. The number of ether oxygens (including phenoxy) is 1. The zero-order valence-electron chi connectivity index (χ0n) is 15.9. The van der Waals surface area contributed by atoms with E-state index < -0.39 is 11.9 Å². The van der Waals surface area contributed by atoms with E-state index in [0.717, 1.165) is 0 Å². The normalized spacial score (nSPS) is 25.4. The molecule has 1 fully saturated rings. The van der Waals surface area contributed by atoms with Gasteiger partial charge in [0, 0.05) is 11.5 Å². The SMILES string of the molecule is CCC=C(C(=O)OC)C1=CC=CCC1=C(C(=O)O)C1C(C=C(Cl)Cl)C1(C)C. The van der Waals surface area contributed by atoms with Crippen LogP contribution in [0.1, 0.15) is 33.6 Å². The fraction of sp³-hybridized carbons (Fsp3) is 0.429. The Kier molecular flexibility index (Phi) is 6.77. The average Bonchev–Trinajstić information content (AvgIpc) is 3.12. The second kappa shape index (κ2) is 8.49. The van der Waals surface area contributed by atoms with Gasteiger partial charge in [-0.3, -0.25) is 0 Å². The molecular formula is C21H24Cl2O4. The predicted molar refractivity (Wildman–Crippen MR) is 107 cm³/mol. The smallest absolute Gasteiger partial charge is 0.338 e. The fourth-order valence-corrected chi connectivity index (χ4v) is 4.08. The minimum absolute atomic E-state index is 0.0787. The number of methoxy groups -OCH3 is 1. The highest BCUT2D eigenvalue weighted by atomic mass is 35.5. The van der Waals surface area contributed by atoms with Crippen molar-refractivity contribution in [2.24, 2.45) is 17.3 Å². The molecule has 0 bridgehead atoms. The van der Waals surface area contributed by atoms with Crippen molar-refractivity contribution in [2.45, 2.75) is 33.6 Å². The fourth-order valence-electron chi connectivity index (χ4n) is 3.81. The van der Waals surface area contributed by atoms with Crippen molar-refractivity contribution in [3.63, 3.8) is 0 Å². The standard InChI is InChI=1S/C21H24Cl2O4/c1-5-8-14(20(26)27-4)12-9-6-7-10-13(12)17(19(24)25)18-15(11-16(22)23)21(18,2)3/h6-9,11,15,18H,5,10H2,1-4H3,(H,24,25). The summed E-state index contributed by atoms with van der Waals surface area (Å²) in [6, 6.07) is 0. The third-order valence-electron chi connectivity index (χ3n) is 5.23. The number of aliphatic carboxylic acids is 1. The molecule has 0 aromatic carbocycles. The molecular weight excluding hydrogens is 387 g/mol. The van der Waals surface area contributed by atoms with Gasteiger partial charge in [-0.25, -0.2) is 9.59 Å². The summed E-state index contributed by atoms with van der Waals surface area (Å²) in [5, 5.41) is 10.0. The van der Waals surface area contributed by atoms with Crippen molar-refractivity contribution < 1.29 is 19.4 Å². The molecule has 1 saturated carbocycles. The van der Waals surface area contributed by atoms with Crippen LogP contribution >= 0.6 is 23.2 Å². The van der Waals surface area contributed by atoms with Crippen LogP contribution in [-0.4, -0.2) is 24.2 Å². The first-order valence-corrected chi connectivity index (χ1v) is 9.57. The zero-order valence-corrected chi connectivity index (χ0v) is 17.4. The monoisotopic (exact) mass is 410 g/mol. The minimum atomic E-state index is -0.994. The lowest BCUT2D eigenvalue weighted by molar-refractivity contribution is -0.136. The number of rotatable bonds is 6. The Morgan fingerprint density at radius 3 is 2.56 bits per heavy atom. The summed E-state index contributed by atoms with van der Waals surface area (Å²) in [6.45, 7) is 5.89. The van der Waals surface area contributed by atoms with Crippen LogP contribution in [0.2, 0.25) is 0 Å². The van der Waals surface area contributed by atoms with Gasteiger partial charge >= 0.3 is 11.9 Å². The van der Waals surface area contributed by atoms with Crippen molar-refractivity contribution >= 4 is 35.1 Å². The number of carboxylic acid groups (broad SMARTS) is 1. The molecule has 2 aliphatic rings. The maximum atomic E-state index is 12.3. The number of carbonyl (C=O) groups excluding carboxylic acids is 1. The highest BCUT2D eigenvalue weighted by Gasteiger charge is 2.60. The van der Waals surface area contributed by atoms with E-state index in [0.29, 0.717) is 35.1 Å². The molecule has 1 N–H and O–H groups in total. The van der Waals surface area contributed by atoms with Gasteiger partial charge in [0.1, 0.15) is 4.49 Å². The van der Waals surface area contributed by atoms with E-state index in [4.69, 9.17) is 27.9 Å². The second-order valence-corrected chi connectivity index (χ2v) is 8.22. The van der Waals surface area contributed by atoms with Crippen LogP contribution in [0.25, 0.3) is 0 Å². The highest BCUT2D eigenvalue weighted by Crippen LogP contribution is 2.64. The van der Waals surface area contributed by atoms with Gasteiger partial charge in [0.05, 0.1) is 12.7 Å². The molecule has 146 valence electrons. The van der Waals surface area contributed by atoms with Gasteiger partial charge in [-0.1, -0.05) is 68.3 Å². The van der Waals surface area contributed by atoms with Crippen LogP contribution in [0.3, 0.4) is 0 Å². The van der Waals surface area contributed by atoms with E-state index in [2.05, 4.69) is 0 Å². The molecule has 0 amide bonds. The maximum absolute atomic E-state index is 12.3. The largest absolute Gasteiger partial charge is 0.478 e. The predicted octanol–water partition coefficient (Wildman–Crippen LogP) is 5.35.